The summed E-state index contributed by atoms with van der Waals surface area (Å²) in [5.74, 6) is 14.4. The van der Waals surface area contributed by atoms with Crippen LogP contribution in [0, 0.1) is 23.7 Å². The minimum atomic E-state index is 0.858. The van der Waals surface area contributed by atoms with Crippen molar-refractivity contribution < 1.29 is 4.70 Å². The highest BCUT2D eigenvalue weighted by molar-refractivity contribution is 5.79. The van der Waals surface area contributed by atoms with Crippen LogP contribution in [0.1, 0.15) is 447 Å². The molecule has 0 aliphatic carbocycles. The number of benzene rings is 2. The van der Waals surface area contributed by atoms with Crippen molar-refractivity contribution in [3.8, 4) is 23.7 Å². The van der Waals surface area contributed by atoms with E-state index in [2.05, 4.69) is 101 Å². The van der Waals surface area contributed by atoms with Crippen molar-refractivity contribution in [2.24, 2.45) is 0 Å². The molecule has 0 fully saturated rings. The maximum absolute atomic E-state index is 12.4. The van der Waals surface area contributed by atoms with Crippen LogP contribution in [0.3, 0.4) is 0 Å². The third kappa shape index (κ3) is 41.9. The van der Waals surface area contributed by atoms with E-state index < -0.39 is 0 Å². The quantitative estimate of drug-likeness (QED) is 0.0358. The molecule has 0 unspecified atom stereocenters. The van der Waals surface area contributed by atoms with Gasteiger partial charge in [0.25, 0.3) is 0 Å². The van der Waals surface area contributed by atoms with E-state index in [4.69, 9.17) is 0 Å². The molecule has 0 aromatic heterocycles. The lowest BCUT2D eigenvalue weighted by atomic mass is 9.95. The largest absolute Gasteiger partial charge is 0.493 e. The second-order valence-electron chi connectivity index (χ2n) is 27.9. The smallest absolute Gasteiger partial charge is 0.210 e. The average molecular weight is 1210 g/mol. The normalized spacial score (nSPS) is 12.3. The van der Waals surface area contributed by atoms with E-state index >= 15 is 0 Å². The van der Waals surface area contributed by atoms with Gasteiger partial charge in [-0.15, -0.1) is 0 Å². The molecule has 1 aliphatic rings. The van der Waals surface area contributed by atoms with E-state index in [1.807, 2.05) is 0 Å². The first kappa shape index (κ1) is 78.9. The van der Waals surface area contributed by atoms with Crippen LogP contribution in [0.2, 0.25) is 0 Å². The zero-order chi connectivity index (χ0) is 62.7. The van der Waals surface area contributed by atoms with Crippen LogP contribution in [0.4, 0.5) is 0 Å². The number of nitrogens with zero attached hydrogens (tertiary/aromatic N) is 2. The van der Waals surface area contributed by atoms with Crippen molar-refractivity contribution in [3.63, 3.8) is 0 Å². The Morgan fingerprint density at radius 3 is 0.841 bits per heavy atom. The number of allylic oxidation sites excluding steroid dienone is 2. The van der Waals surface area contributed by atoms with E-state index in [9.17, 15) is 5.53 Å². The molecule has 2 nitrogen and oxygen atoms in total. The van der Waals surface area contributed by atoms with Gasteiger partial charge in [-0.05, 0) is 92.8 Å². The van der Waals surface area contributed by atoms with Crippen molar-refractivity contribution in [2.75, 3.05) is 0 Å². The summed E-state index contributed by atoms with van der Waals surface area (Å²) in [4.78, 5) is 0. The molecular weight excluding hydrogens is 1060 g/mol. The molecule has 0 saturated heterocycles. The Morgan fingerprint density at radius 2 is 0.545 bits per heavy atom. The molecule has 2 heteroatoms. The van der Waals surface area contributed by atoms with E-state index in [1.54, 1.807) is 0 Å². The van der Waals surface area contributed by atoms with Gasteiger partial charge in [0, 0.05) is 46.7 Å². The number of hydrogen-bond donors (Lipinski definition) is 0. The first-order chi connectivity index (χ1) is 43.5. The van der Waals surface area contributed by atoms with Crippen LogP contribution >= 0.6 is 0 Å². The van der Waals surface area contributed by atoms with Gasteiger partial charge < -0.3 is 5.53 Å². The van der Waals surface area contributed by atoms with E-state index in [0.29, 0.717) is 0 Å². The van der Waals surface area contributed by atoms with Crippen LogP contribution in [0.15, 0.2) is 48.0 Å². The Balaban J connectivity index is 1.46. The highest BCUT2D eigenvalue weighted by atomic mass is 15.2. The number of hydrogen-bond acceptors (Lipinski definition) is 0. The van der Waals surface area contributed by atoms with Crippen LogP contribution in [0.25, 0.3) is 16.9 Å². The molecule has 1 aliphatic heterocycles. The van der Waals surface area contributed by atoms with Crippen LogP contribution < -0.4 is 0 Å². The number of aryl methyl sites for hydroxylation is 2. The zero-order valence-corrected chi connectivity index (χ0v) is 59.6. The average Bonchev–Trinajstić information content (AvgIpc) is 3.54. The third-order valence-corrected chi connectivity index (χ3v) is 19.3. The van der Waals surface area contributed by atoms with Gasteiger partial charge in [0.15, 0.2) is 0 Å². The van der Waals surface area contributed by atoms with E-state index in [-0.39, 0.29) is 0 Å². The van der Waals surface area contributed by atoms with Crippen LogP contribution in [-0.2, 0) is 12.8 Å². The fourth-order valence-electron chi connectivity index (χ4n) is 13.5. The highest BCUT2D eigenvalue weighted by Gasteiger charge is 2.30. The lowest BCUT2D eigenvalue weighted by molar-refractivity contribution is -0.344. The molecule has 0 amide bonds. The standard InChI is InChI=1S/C86H144N2/c1-6-11-16-19-21-23-25-27-29-31-33-35-37-39-41-43-45-47-49-51-53-55-57-59-61-63-68-80-72-81(69-64-62-60-58-56-54-52-50-48-46-44-42-40-38-36-34-32-30-28-26-24-22-20-17-12-7-2)74-83(73-80)85-77-82(70-65-18-13-8-3)86(88(85)87)84-75-78(66-14-9-4)71-79(76-84)67-15-10-5/h71-77H,6-62,65-67,70H2,1-5H3. The molecule has 0 atom stereocenters. The van der Waals surface area contributed by atoms with Gasteiger partial charge in [-0.25, -0.2) is 4.70 Å². The maximum Gasteiger partial charge on any atom is 0.210 e. The first-order valence-corrected chi connectivity index (χ1v) is 39.7. The van der Waals surface area contributed by atoms with Gasteiger partial charge in [-0.3, -0.25) is 0 Å². The molecule has 498 valence electrons. The van der Waals surface area contributed by atoms with E-state index in [0.717, 1.165) is 72.2 Å². The van der Waals surface area contributed by atoms with Gasteiger partial charge in [0.05, 0.1) is 0 Å². The summed E-state index contributed by atoms with van der Waals surface area (Å²) < 4.78 is 1.53. The lowest BCUT2D eigenvalue weighted by Gasteiger charge is -2.14. The molecule has 0 bridgehead atoms. The molecule has 88 heavy (non-hydrogen) atoms. The minimum Gasteiger partial charge on any atom is -0.493 e. The Labute approximate surface area is 550 Å². The van der Waals surface area contributed by atoms with Crippen molar-refractivity contribution in [3.05, 3.63) is 87.0 Å². The monoisotopic (exact) mass is 1210 g/mol. The van der Waals surface area contributed by atoms with Gasteiger partial charge in [0.1, 0.15) is 0 Å². The maximum atomic E-state index is 12.4. The topological polar surface area (TPSA) is 25.3 Å². The van der Waals surface area contributed by atoms with Crippen LogP contribution in [-0.4, -0.2) is 4.70 Å². The van der Waals surface area contributed by atoms with Crippen molar-refractivity contribution in [2.45, 2.75) is 426 Å². The molecule has 3 rings (SSSR count). The molecule has 1 heterocycles. The molecule has 0 N–H and O–H groups in total. The van der Waals surface area contributed by atoms with Crippen LogP contribution in [0.5, 0.6) is 0 Å². The van der Waals surface area contributed by atoms with Crippen molar-refractivity contribution >= 4 is 11.4 Å². The Kier molecular flexibility index (Phi) is 52.6. The molecule has 2 aromatic rings. The second-order valence-corrected chi connectivity index (χ2v) is 27.9. The third-order valence-electron chi connectivity index (χ3n) is 19.3. The zero-order valence-electron chi connectivity index (χ0n) is 59.6. The van der Waals surface area contributed by atoms with Gasteiger partial charge in [0.2, 0.25) is 11.4 Å². The summed E-state index contributed by atoms with van der Waals surface area (Å²) in [7, 11) is 0. The fraction of sp³-hybridized carbons (Fsp3) is 0.767. The van der Waals surface area contributed by atoms with Gasteiger partial charge in [-0.1, -0.05) is 392 Å². The SMILES string of the molecule is CCCCCCCCCCCCCCCCCCCCCCCCCCC#Cc1cc(C#CCCCCCCCCCCCCCCCCCCCCCCCCCC)cc(C2=CC(CCCCCC)=C(c3cc(CCCC)cc(CCCC)c3)[N+]2=[N-])c1. The minimum absolute atomic E-state index is 0.858. The molecular formula is C86H144N2. The second kappa shape index (κ2) is 58.7. The summed E-state index contributed by atoms with van der Waals surface area (Å²) in [5, 5.41) is 0. The Bertz CT molecular complexity index is 2050. The Morgan fingerprint density at radius 1 is 0.273 bits per heavy atom. The van der Waals surface area contributed by atoms with Gasteiger partial charge >= 0.3 is 0 Å². The summed E-state index contributed by atoms with van der Waals surface area (Å²) >= 11 is 0. The van der Waals surface area contributed by atoms with Crippen molar-refractivity contribution in [1.29, 1.82) is 0 Å². The molecule has 2 aromatic carbocycles. The predicted molar refractivity (Wildman–Crippen MR) is 393 cm³/mol. The molecule has 0 saturated carbocycles. The molecule has 0 spiro atoms. The Hall–Kier alpha value is -3.36. The summed E-state index contributed by atoms with van der Waals surface area (Å²) in [5.41, 5.74) is 22.5. The first-order valence-electron chi connectivity index (χ1n) is 39.7. The number of unbranched alkanes of at least 4 members (excludes halogenated alkanes) is 53. The summed E-state index contributed by atoms with van der Waals surface area (Å²) in [6, 6.07) is 13.8. The predicted octanol–water partition coefficient (Wildman–Crippen LogP) is 29.4. The number of rotatable bonds is 61. The fourth-order valence-corrected chi connectivity index (χ4v) is 13.5. The summed E-state index contributed by atoms with van der Waals surface area (Å²) in [6.45, 7) is 11.5. The van der Waals surface area contributed by atoms with Crippen molar-refractivity contribution in [1.82, 2.24) is 0 Å². The van der Waals surface area contributed by atoms with E-state index in [1.165, 1.54) is 375 Å². The molecule has 0 radical (unpaired) electrons. The van der Waals surface area contributed by atoms with Gasteiger partial charge in [-0.2, -0.15) is 0 Å². The summed E-state index contributed by atoms with van der Waals surface area (Å²) in [6.07, 6.45) is 84.8. The lowest BCUT2D eigenvalue weighted by Crippen LogP contribution is -2.04. The highest BCUT2D eigenvalue weighted by Crippen LogP contribution is 2.39.